The number of rotatable bonds is 3. The standard InChI is InChI=1S/C17H27N3O2/c1-17(2,3)22-16(21)19(4)12-14-8-7-11-20(13-14)15-9-5-6-10-18-15/h5-6,9-10,14H,7-8,11-13H2,1-4H3. The number of carbonyl (C=O) groups excluding carboxylic acids is 1. The molecule has 122 valence electrons. The normalized spacial score (nSPS) is 18.9. The van der Waals surface area contributed by atoms with E-state index in [4.69, 9.17) is 4.74 Å². The quantitative estimate of drug-likeness (QED) is 0.860. The van der Waals surface area contributed by atoms with Gasteiger partial charge in [0.2, 0.25) is 0 Å². The van der Waals surface area contributed by atoms with Crippen molar-refractivity contribution < 1.29 is 9.53 Å². The van der Waals surface area contributed by atoms with Crippen LogP contribution in [0.25, 0.3) is 0 Å². The molecule has 0 aliphatic carbocycles. The van der Waals surface area contributed by atoms with Crippen molar-refractivity contribution >= 4 is 11.9 Å². The van der Waals surface area contributed by atoms with E-state index in [0.29, 0.717) is 5.92 Å². The van der Waals surface area contributed by atoms with Crippen molar-refractivity contribution in [2.75, 3.05) is 31.6 Å². The molecule has 1 unspecified atom stereocenters. The van der Waals surface area contributed by atoms with E-state index in [1.807, 2.05) is 52.2 Å². The molecule has 2 rings (SSSR count). The third-order valence-corrected chi connectivity index (χ3v) is 3.73. The van der Waals surface area contributed by atoms with Gasteiger partial charge in [-0.3, -0.25) is 0 Å². The molecule has 5 nitrogen and oxygen atoms in total. The lowest BCUT2D eigenvalue weighted by molar-refractivity contribution is 0.0269. The van der Waals surface area contributed by atoms with Gasteiger partial charge in [-0.1, -0.05) is 6.07 Å². The predicted octanol–water partition coefficient (Wildman–Crippen LogP) is 3.16. The second-order valence-electron chi connectivity index (χ2n) is 7.00. The van der Waals surface area contributed by atoms with Gasteiger partial charge < -0.3 is 14.5 Å². The average molecular weight is 305 g/mol. The van der Waals surface area contributed by atoms with Crippen LogP contribution in [0.1, 0.15) is 33.6 Å². The van der Waals surface area contributed by atoms with Crippen molar-refractivity contribution in [3.05, 3.63) is 24.4 Å². The molecule has 1 saturated heterocycles. The first-order valence-corrected chi connectivity index (χ1v) is 7.95. The zero-order valence-corrected chi connectivity index (χ0v) is 14.1. The van der Waals surface area contributed by atoms with Gasteiger partial charge in [0.15, 0.2) is 0 Å². The monoisotopic (exact) mass is 305 g/mol. The lowest BCUT2D eigenvalue weighted by Gasteiger charge is -2.35. The van der Waals surface area contributed by atoms with Crippen LogP contribution in [-0.4, -0.2) is 48.3 Å². The largest absolute Gasteiger partial charge is 0.444 e. The lowest BCUT2D eigenvalue weighted by Crippen LogP contribution is -2.43. The van der Waals surface area contributed by atoms with Crippen LogP contribution in [0.4, 0.5) is 10.6 Å². The van der Waals surface area contributed by atoms with Crippen molar-refractivity contribution in [2.24, 2.45) is 5.92 Å². The van der Waals surface area contributed by atoms with E-state index in [9.17, 15) is 4.79 Å². The van der Waals surface area contributed by atoms with Crippen LogP contribution in [0.3, 0.4) is 0 Å². The minimum absolute atomic E-state index is 0.248. The van der Waals surface area contributed by atoms with E-state index in [1.54, 1.807) is 4.90 Å². The summed E-state index contributed by atoms with van der Waals surface area (Å²) >= 11 is 0. The molecule has 2 heterocycles. The van der Waals surface area contributed by atoms with Gasteiger partial charge in [0.25, 0.3) is 0 Å². The molecule has 1 amide bonds. The highest BCUT2D eigenvalue weighted by atomic mass is 16.6. The van der Waals surface area contributed by atoms with Crippen LogP contribution in [0.5, 0.6) is 0 Å². The number of aromatic nitrogens is 1. The first-order valence-electron chi connectivity index (χ1n) is 7.95. The second kappa shape index (κ2) is 6.99. The molecule has 1 aromatic rings. The Labute approximate surface area is 133 Å². The summed E-state index contributed by atoms with van der Waals surface area (Å²) in [5.74, 6) is 1.47. The van der Waals surface area contributed by atoms with Gasteiger partial charge in [-0.25, -0.2) is 9.78 Å². The lowest BCUT2D eigenvalue weighted by atomic mass is 9.97. The number of pyridine rings is 1. The summed E-state index contributed by atoms with van der Waals surface area (Å²) in [6.07, 6.45) is 3.84. The molecule has 0 aromatic carbocycles. The molecule has 1 atom stereocenters. The van der Waals surface area contributed by atoms with Gasteiger partial charge in [0.05, 0.1) is 0 Å². The molecule has 22 heavy (non-hydrogen) atoms. The van der Waals surface area contributed by atoms with Crippen molar-refractivity contribution in [1.82, 2.24) is 9.88 Å². The first-order chi connectivity index (χ1) is 10.3. The van der Waals surface area contributed by atoms with Crippen LogP contribution >= 0.6 is 0 Å². The third kappa shape index (κ3) is 4.90. The maximum absolute atomic E-state index is 12.1. The minimum Gasteiger partial charge on any atom is -0.444 e. The van der Waals surface area contributed by atoms with Gasteiger partial charge in [-0.15, -0.1) is 0 Å². The van der Waals surface area contributed by atoms with E-state index in [2.05, 4.69) is 9.88 Å². The highest BCUT2D eigenvalue weighted by molar-refractivity contribution is 5.67. The molecule has 0 N–H and O–H groups in total. The molecule has 0 spiro atoms. The van der Waals surface area contributed by atoms with Crippen LogP contribution in [-0.2, 0) is 4.74 Å². The van der Waals surface area contributed by atoms with Crippen molar-refractivity contribution in [2.45, 2.75) is 39.2 Å². The Hall–Kier alpha value is -1.78. The molecule has 1 aliphatic heterocycles. The maximum Gasteiger partial charge on any atom is 0.410 e. The van der Waals surface area contributed by atoms with Crippen molar-refractivity contribution in [3.8, 4) is 0 Å². The van der Waals surface area contributed by atoms with Crippen LogP contribution in [0.15, 0.2) is 24.4 Å². The number of carbonyl (C=O) groups is 1. The van der Waals surface area contributed by atoms with E-state index in [1.165, 1.54) is 0 Å². The molecule has 0 bridgehead atoms. The number of amides is 1. The number of nitrogens with zero attached hydrogens (tertiary/aromatic N) is 3. The van der Waals surface area contributed by atoms with E-state index in [-0.39, 0.29) is 6.09 Å². The molecule has 1 fully saturated rings. The second-order valence-corrected chi connectivity index (χ2v) is 7.00. The Bertz CT molecular complexity index is 484. The van der Waals surface area contributed by atoms with E-state index < -0.39 is 5.60 Å². The predicted molar refractivity (Wildman–Crippen MR) is 88.0 cm³/mol. The molecular formula is C17H27N3O2. The van der Waals surface area contributed by atoms with Gasteiger partial charge in [-0.05, 0) is 51.7 Å². The van der Waals surface area contributed by atoms with Crippen LogP contribution < -0.4 is 4.90 Å². The summed E-state index contributed by atoms with van der Waals surface area (Å²) in [4.78, 5) is 20.5. The molecule has 5 heteroatoms. The molecule has 1 aromatic heterocycles. The number of hydrogen-bond acceptors (Lipinski definition) is 4. The number of anilines is 1. The van der Waals surface area contributed by atoms with E-state index >= 15 is 0 Å². The summed E-state index contributed by atoms with van der Waals surface area (Å²) in [7, 11) is 1.81. The number of ether oxygens (including phenoxy) is 1. The fourth-order valence-electron chi connectivity index (χ4n) is 2.76. The summed E-state index contributed by atoms with van der Waals surface area (Å²) in [5, 5.41) is 0. The molecule has 0 radical (unpaired) electrons. The Morgan fingerprint density at radius 2 is 2.23 bits per heavy atom. The third-order valence-electron chi connectivity index (χ3n) is 3.73. The average Bonchev–Trinajstić information content (AvgIpc) is 2.46. The van der Waals surface area contributed by atoms with E-state index in [0.717, 1.165) is 38.3 Å². The summed E-state index contributed by atoms with van der Waals surface area (Å²) in [5.41, 5.74) is -0.447. The highest BCUT2D eigenvalue weighted by Crippen LogP contribution is 2.22. The SMILES string of the molecule is CN(CC1CCCN(c2ccccn2)C1)C(=O)OC(C)(C)C. The fraction of sp³-hybridized carbons (Fsp3) is 0.647. The summed E-state index contributed by atoms with van der Waals surface area (Å²) in [6.45, 7) is 8.36. The Morgan fingerprint density at radius 3 is 2.86 bits per heavy atom. The molecule has 0 saturated carbocycles. The number of hydrogen-bond donors (Lipinski definition) is 0. The smallest absolute Gasteiger partial charge is 0.410 e. The van der Waals surface area contributed by atoms with Crippen molar-refractivity contribution in [1.29, 1.82) is 0 Å². The molecular weight excluding hydrogens is 278 g/mol. The topological polar surface area (TPSA) is 45.7 Å². The van der Waals surface area contributed by atoms with Gasteiger partial charge in [0.1, 0.15) is 11.4 Å². The van der Waals surface area contributed by atoms with Crippen molar-refractivity contribution in [3.63, 3.8) is 0 Å². The summed E-state index contributed by atoms with van der Waals surface area (Å²) in [6, 6.07) is 5.99. The maximum atomic E-state index is 12.1. The summed E-state index contributed by atoms with van der Waals surface area (Å²) < 4.78 is 5.41. The fourth-order valence-corrected chi connectivity index (χ4v) is 2.76. The molecule has 1 aliphatic rings. The zero-order chi connectivity index (χ0) is 16.2. The van der Waals surface area contributed by atoms with Gasteiger partial charge >= 0.3 is 6.09 Å². The Kier molecular flexibility index (Phi) is 5.27. The van der Waals surface area contributed by atoms with Crippen LogP contribution in [0, 0.1) is 5.92 Å². The number of piperidine rings is 1. The van der Waals surface area contributed by atoms with Gasteiger partial charge in [-0.2, -0.15) is 0 Å². The first kappa shape index (κ1) is 16.6. The highest BCUT2D eigenvalue weighted by Gasteiger charge is 2.25. The Morgan fingerprint density at radius 1 is 1.45 bits per heavy atom. The zero-order valence-electron chi connectivity index (χ0n) is 14.1. The van der Waals surface area contributed by atoms with Gasteiger partial charge in [0, 0.05) is 32.9 Å². The Balaban J connectivity index is 1.89. The minimum atomic E-state index is -0.447. The van der Waals surface area contributed by atoms with Crippen LogP contribution in [0.2, 0.25) is 0 Å².